The molecule has 1 heterocycles. The maximum absolute atomic E-state index is 12.2. The van der Waals surface area contributed by atoms with Crippen LogP contribution in [0, 0.1) is 13.8 Å². The lowest BCUT2D eigenvalue weighted by molar-refractivity contribution is -0.118. The molecule has 5 nitrogen and oxygen atoms in total. The highest BCUT2D eigenvalue weighted by Gasteiger charge is 2.20. The van der Waals surface area contributed by atoms with Crippen molar-refractivity contribution in [3.63, 3.8) is 0 Å². The summed E-state index contributed by atoms with van der Waals surface area (Å²) in [4.78, 5) is 24.8. The molecule has 0 saturated heterocycles. The molecule has 0 fully saturated rings. The van der Waals surface area contributed by atoms with Gasteiger partial charge >= 0.3 is 0 Å². The number of amides is 2. The van der Waals surface area contributed by atoms with Gasteiger partial charge in [-0.2, -0.15) is 0 Å². The Hall–Kier alpha value is -1.86. The zero-order valence-electron chi connectivity index (χ0n) is 13.7. The van der Waals surface area contributed by atoms with Gasteiger partial charge in [-0.05, 0) is 49.6 Å². The minimum atomic E-state index is -0.531. The van der Waals surface area contributed by atoms with Gasteiger partial charge in [0.25, 0.3) is 11.8 Å². The van der Waals surface area contributed by atoms with Crippen molar-refractivity contribution in [3.05, 3.63) is 44.2 Å². The molecule has 0 atom stereocenters. The maximum Gasteiger partial charge on any atom is 0.262 e. The zero-order valence-corrected chi connectivity index (χ0v) is 16.1. The van der Waals surface area contributed by atoms with Gasteiger partial charge < -0.3 is 15.8 Å². The number of primary amides is 1. The minimum Gasteiger partial charge on any atom is -0.483 e. The summed E-state index contributed by atoms with van der Waals surface area (Å²) in [7, 11) is 0. The van der Waals surface area contributed by atoms with Crippen molar-refractivity contribution >= 4 is 44.1 Å². The van der Waals surface area contributed by atoms with Crippen molar-refractivity contribution in [1.82, 2.24) is 0 Å². The van der Waals surface area contributed by atoms with Crippen LogP contribution in [0.5, 0.6) is 5.75 Å². The van der Waals surface area contributed by atoms with Crippen molar-refractivity contribution < 1.29 is 14.3 Å². The molecule has 0 bridgehead atoms. The van der Waals surface area contributed by atoms with E-state index in [1.54, 1.807) is 6.07 Å². The molecule has 3 N–H and O–H groups in total. The number of thiophene rings is 1. The first kappa shape index (κ1) is 18.5. The van der Waals surface area contributed by atoms with Gasteiger partial charge in [0.15, 0.2) is 6.61 Å². The van der Waals surface area contributed by atoms with Gasteiger partial charge in [-0.25, -0.2) is 0 Å². The highest BCUT2D eigenvalue weighted by Crippen LogP contribution is 2.33. The molecule has 0 unspecified atom stereocenters. The number of benzene rings is 1. The van der Waals surface area contributed by atoms with E-state index in [0.29, 0.717) is 22.7 Å². The molecule has 1 aromatic carbocycles. The van der Waals surface area contributed by atoms with Gasteiger partial charge in [0.2, 0.25) is 0 Å². The molecule has 0 aliphatic carbocycles. The highest BCUT2D eigenvalue weighted by molar-refractivity contribution is 9.10. The zero-order chi connectivity index (χ0) is 17.9. The summed E-state index contributed by atoms with van der Waals surface area (Å²) in [6.45, 7) is 5.62. The van der Waals surface area contributed by atoms with Crippen molar-refractivity contribution in [2.75, 3.05) is 11.9 Å². The number of rotatable bonds is 6. The molecule has 2 amide bonds. The van der Waals surface area contributed by atoms with E-state index in [1.807, 2.05) is 32.9 Å². The second kappa shape index (κ2) is 7.81. The van der Waals surface area contributed by atoms with Crippen molar-refractivity contribution in [2.24, 2.45) is 5.73 Å². The van der Waals surface area contributed by atoms with Crippen LogP contribution >= 0.6 is 27.3 Å². The van der Waals surface area contributed by atoms with E-state index < -0.39 is 5.91 Å². The van der Waals surface area contributed by atoms with Crippen LogP contribution in [0.25, 0.3) is 0 Å². The van der Waals surface area contributed by atoms with Gasteiger partial charge in [0.05, 0.1) is 5.56 Å². The van der Waals surface area contributed by atoms with Crippen LogP contribution < -0.4 is 15.8 Å². The summed E-state index contributed by atoms with van der Waals surface area (Å²) < 4.78 is 6.49. The van der Waals surface area contributed by atoms with Gasteiger partial charge in [0, 0.05) is 9.35 Å². The second-order valence-electron chi connectivity index (χ2n) is 5.31. The monoisotopic (exact) mass is 410 g/mol. The minimum absolute atomic E-state index is 0.140. The Bertz CT molecular complexity index is 786. The summed E-state index contributed by atoms with van der Waals surface area (Å²) in [5.41, 5.74) is 7.66. The van der Waals surface area contributed by atoms with E-state index in [4.69, 9.17) is 10.5 Å². The largest absolute Gasteiger partial charge is 0.483 e. The number of nitrogens with one attached hydrogen (secondary N) is 1. The first-order valence-electron chi connectivity index (χ1n) is 7.44. The Labute approximate surface area is 153 Å². The van der Waals surface area contributed by atoms with Crippen molar-refractivity contribution in [1.29, 1.82) is 0 Å². The van der Waals surface area contributed by atoms with Crippen LogP contribution in [0.4, 0.5) is 5.00 Å². The van der Waals surface area contributed by atoms with E-state index in [1.165, 1.54) is 11.3 Å². The summed E-state index contributed by atoms with van der Waals surface area (Å²) >= 11 is 4.74. The normalized spacial score (nSPS) is 10.5. The molecule has 0 saturated carbocycles. The Morgan fingerprint density at radius 2 is 2.04 bits per heavy atom. The van der Waals surface area contributed by atoms with Gasteiger partial charge in [-0.15, -0.1) is 11.3 Å². The van der Waals surface area contributed by atoms with E-state index in [9.17, 15) is 9.59 Å². The molecular formula is C17H19BrN2O3S. The fourth-order valence-electron chi connectivity index (χ4n) is 2.43. The van der Waals surface area contributed by atoms with Crippen molar-refractivity contribution in [2.45, 2.75) is 27.2 Å². The molecule has 128 valence electrons. The van der Waals surface area contributed by atoms with Crippen LogP contribution in [0.1, 0.15) is 33.3 Å². The fraction of sp³-hybridized carbons (Fsp3) is 0.294. The smallest absolute Gasteiger partial charge is 0.262 e. The summed E-state index contributed by atoms with van der Waals surface area (Å²) in [6.07, 6.45) is 0.686. The van der Waals surface area contributed by atoms with Crippen LogP contribution in [-0.4, -0.2) is 18.4 Å². The average molecular weight is 411 g/mol. The third-order valence-corrected chi connectivity index (χ3v) is 5.11. The SMILES string of the molecule is CCc1c(C)sc(NC(=O)COc2ccc(Br)cc2C)c1C(N)=O. The summed E-state index contributed by atoms with van der Waals surface area (Å²) in [5, 5.41) is 3.22. The lowest BCUT2D eigenvalue weighted by Gasteiger charge is -2.10. The number of ether oxygens (including phenoxy) is 1. The predicted molar refractivity (Wildman–Crippen MR) is 100.0 cm³/mol. The molecule has 24 heavy (non-hydrogen) atoms. The number of aryl methyl sites for hydroxylation is 2. The number of carbonyl (C=O) groups excluding carboxylic acids is 2. The van der Waals surface area contributed by atoms with E-state index in [-0.39, 0.29) is 12.5 Å². The molecule has 2 rings (SSSR count). The average Bonchev–Trinajstić information content (AvgIpc) is 2.81. The first-order chi connectivity index (χ1) is 11.3. The van der Waals surface area contributed by atoms with Crippen LogP contribution in [0.15, 0.2) is 22.7 Å². The van der Waals surface area contributed by atoms with Gasteiger partial charge in [-0.3, -0.25) is 9.59 Å². The van der Waals surface area contributed by atoms with E-state index >= 15 is 0 Å². The van der Waals surface area contributed by atoms with Gasteiger partial charge in [0.1, 0.15) is 10.8 Å². The second-order valence-corrected chi connectivity index (χ2v) is 7.45. The fourth-order valence-corrected chi connectivity index (χ4v) is 4.08. The Balaban J connectivity index is 2.09. The first-order valence-corrected chi connectivity index (χ1v) is 9.05. The summed E-state index contributed by atoms with van der Waals surface area (Å²) in [5.74, 6) is -0.222. The number of anilines is 1. The number of carbonyl (C=O) groups is 2. The van der Waals surface area contributed by atoms with Gasteiger partial charge in [-0.1, -0.05) is 22.9 Å². The standard InChI is InChI=1S/C17H19BrN2O3S/c1-4-12-10(3)24-17(15(12)16(19)22)20-14(21)8-23-13-6-5-11(18)7-9(13)2/h5-7H,4,8H2,1-3H3,(H2,19,22)(H,20,21). The topological polar surface area (TPSA) is 81.4 Å². The van der Waals surface area contributed by atoms with Crippen LogP contribution in [0.2, 0.25) is 0 Å². The lowest BCUT2D eigenvalue weighted by atomic mass is 10.1. The van der Waals surface area contributed by atoms with Crippen LogP contribution in [0.3, 0.4) is 0 Å². The third-order valence-electron chi connectivity index (χ3n) is 3.56. The lowest BCUT2D eigenvalue weighted by Crippen LogP contribution is -2.22. The van der Waals surface area contributed by atoms with Crippen molar-refractivity contribution in [3.8, 4) is 5.75 Å². The predicted octanol–water partition coefficient (Wildman–Crippen LogP) is 3.81. The maximum atomic E-state index is 12.2. The number of hydrogen-bond donors (Lipinski definition) is 2. The molecule has 0 aliphatic rings. The Kier molecular flexibility index (Phi) is 6.01. The van der Waals surface area contributed by atoms with E-state index in [2.05, 4.69) is 21.2 Å². The Morgan fingerprint density at radius 1 is 1.33 bits per heavy atom. The molecule has 7 heteroatoms. The quantitative estimate of drug-likeness (QED) is 0.759. The number of hydrogen-bond acceptors (Lipinski definition) is 4. The summed E-state index contributed by atoms with van der Waals surface area (Å²) in [6, 6.07) is 5.56. The highest BCUT2D eigenvalue weighted by atomic mass is 79.9. The third kappa shape index (κ3) is 4.15. The molecular weight excluding hydrogens is 392 g/mol. The molecule has 0 radical (unpaired) electrons. The number of halogens is 1. The molecule has 0 spiro atoms. The molecule has 2 aromatic rings. The number of nitrogens with two attached hydrogens (primary N) is 1. The Morgan fingerprint density at radius 3 is 2.62 bits per heavy atom. The van der Waals surface area contributed by atoms with E-state index in [0.717, 1.165) is 20.5 Å². The molecule has 1 aromatic heterocycles. The van der Waals surface area contributed by atoms with Crippen LogP contribution in [-0.2, 0) is 11.2 Å². The molecule has 0 aliphatic heterocycles.